The first-order chi connectivity index (χ1) is 14.1. The van der Waals surface area contributed by atoms with Crippen LogP contribution in [0.1, 0.15) is 29.4 Å². The Morgan fingerprint density at radius 2 is 1.73 bits per heavy atom. The van der Waals surface area contributed by atoms with Crippen molar-refractivity contribution < 1.29 is 21.6 Å². The second kappa shape index (κ2) is 8.61. The maximum absolute atomic E-state index is 13.3. The van der Waals surface area contributed by atoms with Gasteiger partial charge in [0.25, 0.3) is 0 Å². The van der Waals surface area contributed by atoms with Crippen LogP contribution >= 0.6 is 0 Å². The zero-order valence-electron chi connectivity index (χ0n) is 16.6. The molecule has 0 saturated heterocycles. The zero-order valence-corrected chi connectivity index (χ0v) is 17.4. The minimum Gasteiger partial charge on any atom is -0.329 e. The number of hydrogen-bond acceptors (Lipinski definition) is 3. The van der Waals surface area contributed by atoms with Gasteiger partial charge < -0.3 is 4.57 Å². The van der Waals surface area contributed by atoms with Gasteiger partial charge in [-0.1, -0.05) is 42.8 Å². The number of hydrogen-bond donors (Lipinski definition) is 0. The highest BCUT2D eigenvalue weighted by atomic mass is 32.2. The number of halogens is 3. The van der Waals surface area contributed by atoms with E-state index in [9.17, 15) is 21.6 Å². The monoisotopic (exact) mass is 437 g/mol. The normalized spacial score (nSPS) is 12.5. The Hall–Kier alpha value is -2.65. The van der Waals surface area contributed by atoms with Crippen LogP contribution in [-0.4, -0.2) is 28.8 Å². The van der Waals surface area contributed by atoms with E-state index in [1.54, 1.807) is 43.5 Å². The van der Waals surface area contributed by atoms with Crippen molar-refractivity contribution >= 4 is 10.0 Å². The van der Waals surface area contributed by atoms with Gasteiger partial charge in [-0.05, 0) is 30.7 Å². The molecule has 0 amide bonds. The first-order valence-corrected chi connectivity index (χ1v) is 10.8. The molecule has 0 unspecified atom stereocenters. The van der Waals surface area contributed by atoms with Gasteiger partial charge in [0.15, 0.2) is 0 Å². The summed E-state index contributed by atoms with van der Waals surface area (Å²) in [5.74, 6) is 0.365. The minimum absolute atomic E-state index is 0.0477. The average Bonchev–Trinajstić information content (AvgIpc) is 3.12. The fourth-order valence-electron chi connectivity index (χ4n) is 3.14. The van der Waals surface area contributed by atoms with Crippen molar-refractivity contribution in [1.82, 2.24) is 13.9 Å². The molecule has 0 aliphatic rings. The van der Waals surface area contributed by atoms with E-state index < -0.39 is 21.8 Å². The molecule has 3 aromatic rings. The first-order valence-electron chi connectivity index (χ1n) is 9.35. The summed E-state index contributed by atoms with van der Waals surface area (Å²) in [4.78, 5) is 4.35. The van der Waals surface area contributed by atoms with Gasteiger partial charge in [0, 0.05) is 25.5 Å². The van der Waals surface area contributed by atoms with Crippen molar-refractivity contribution in [2.45, 2.75) is 38.0 Å². The molecule has 0 aliphatic carbocycles. The maximum Gasteiger partial charge on any atom is 0.416 e. The molecule has 0 saturated carbocycles. The summed E-state index contributed by atoms with van der Waals surface area (Å²) in [5, 5.41) is 0. The average molecular weight is 437 g/mol. The Labute approximate surface area is 173 Å². The lowest BCUT2D eigenvalue weighted by Gasteiger charge is -2.21. The third-order valence-electron chi connectivity index (χ3n) is 4.79. The molecule has 0 fully saturated rings. The summed E-state index contributed by atoms with van der Waals surface area (Å²) < 4.78 is 68.7. The smallest absolute Gasteiger partial charge is 0.329 e. The van der Waals surface area contributed by atoms with E-state index in [0.29, 0.717) is 5.82 Å². The predicted octanol–water partition coefficient (Wildman–Crippen LogP) is 4.47. The van der Waals surface area contributed by atoms with Gasteiger partial charge in [0.05, 0.1) is 17.0 Å². The molecule has 0 atom stereocenters. The Bertz CT molecular complexity index is 1110. The molecule has 3 rings (SSSR count). The molecule has 0 spiro atoms. The topological polar surface area (TPSA) is 55.2 Å². The highest BCUT2D eigenvalue weighted by Gasteiger charge is 2.33. The lowest BCUT2D eigenvalue weighted by Crippen LogP contribution is -2.31. The van der Waals surface area contributed by atoms with Crippen molar-refractivity contribution in [2.24, 2.45) is 0 Å². The van der Waals surface area contributed by atoms with E-state index in [1.807, 2.05) is 6.92 Å². The van der Waals surface area contributed by atoms with Gasteiger partial charge >= 0.3 is 6.18 Å². The molecule has 30 heavy (non-hydrogen) atoms. The molecule has 160 valence electrons. The van der Waals surface area contributed by atoms with Crippen LogP contribution in [0.4, 0.5) is 13.2 Å². The molecule has 0 radical (unpaired) electrons. The third kappa shape index (κ3) is 4.73. The van der Waals surface area contributed by atoms with Gasteiger partial charge in [-0.15, -0.1) is 0 Å². The van der Waals surface area contributed by atoms with Gasteiger partial charge in [0.2, 0.25) is 10.0 Å². The fraction of sp³-hybridized carbons (Fsp3) is 0.286. The molecule has 2 aromatic carbocycles. The zero-order chi connectivity index (χ0) is 21.9. The van der Waals surface area contributed by atoms with Crippen LogP contribution < -0.4 is 0 Å². The Morgan fingerprint density at radius 3 is 2.37 bits per heavy atom. The van der Waals surface area contributed by atoms with Crippen molar-refractivity contribution in [2.75, 3.05) is 6.54 Å². The fourth-order valence-corrected chi connectivity index (χ4v) is 4.54. The van der Waals surface area contributed by atoms with E-state index in [2.05, 4.69) is 4.98 Å². The second-order valence-electron chi connectivity index (χ2n) is 6.87. The lowest BCUT2D eigenvalue weighted by atomic mass is 10.1. The predicted molar refractivity (Wildman–Crippen MR) is 107 cm³/mol. The largest absolute Gasteiger partial charge is 0.416 e. The number of benzene rings is 2. The number of aromatic nitrogens is 2. The van der Waals surface area contributed by atoms with Gasteiger partial charge in [-0.3, -0.25) is 0 Å². The molecule has 0 N–H and O–H groups in total. The van der Waals surface area contributed by atoms with Crippen LogP contribution in [0.25, 0.3) is 0 Å². The number of alkyl halides is 3. The highest BCUT2D eigenvalue weighted by Crippen LogP contribution is 2.32. The molecule has 9 heteroatoms. The number of aryl methyl sites for hydroxylation is 1. The highest BCUT2D eigenvalue weighted by molar-refractivity contribution is 7.89. The summed E-state index contributed by atoms with van der Waals surface area (Å²) in [7, 11) is -3.77. The molecule has 1 heterocycles. The Kier molecular flexibility index (Phi) is 6.33. The Balaban J connectivity index is 1.87. The quantitative estimate of drug-likeness (QED) is 0.548. The van der Waals surface area contributed by atoms with Crippen LogP contribution in [0.3, 0.4) is 0 Å². The number of nitrogens with zero attached hydrogens (tertiary/aromatic N) is 3. The van der Waals surface area contributed by atoms with Crippen LogP contribution in [0.15, 0.2) is 65.8 Å². The van der Waals surface area contributed by atoms with Crippen LogP contribution in [0.2, 0.25) is 0 Å². The molecule has 5 nitrogen and oxygen atoms in total. The van der Waals surface area contributed by atoms with Crippen molar-refractivity contribution in [3.63, 3.8) is 0 Å². The number of sulfonamides is 1. The van der Waals surface area contributed by atoms with Crippen molar-refractivity contribution in [3.8, 4) is 0 Å². The second-order valence-corrected chi connectivity index (χ2v) is 8.81. The van der Waals surface area contributed by atoms with E-state index >= 15 is 0 Å². The SMILES string of the molecule is CCN(Cc1nccn1Cc1ccccc1C(F)(F)F)S(=O)(=O)c1ccc(C)cc1. The molecular weight excluding hydrogens is 415 g/mol. The van der Waals surface area contributed by atoms with E-state index in [4.69, 9.17) is 0 Å². The first kappa shape index (κ1) is 22.0. The molecule has 0 aliphatic heterocycles. The van der Waals surface area contributed by atoms with Gasteiger partial charge in [-0.25, -0.2) is 13.4 Å². The van der Waals surface area contributed by atoms with E-state index in [0.717, 1.165) is 11.6 Å². The number of imidazole rings is 1. The molecular formula is C21H22F3N3O2S. The maximum atomic E-state index is 13.3. The third-order valence-corrected chi connectivity index (χ3v) is 6.73. The standard InChI is InChI=1S/C21H22F3N3O2S/c1-3-27(30(28,29)18-10-8-16(2)9-11-18)15-20-25-12-13-26(20)14-17-6-4-5-7-19(17)21(22,23)24/h4-13H,3,14-15H2,1-2H3. The summed E-state index contributed by atoms with van der Waals surface area (Å²) >= 11 is 0. The molecule has 0 bridgehead atoms. The van der Waals surface area contributed by atoms with Crippen LogP contribution in [-0.2, 0) is 29.3 Å². The van der Waals surface area contributed by atoms with Gasteiger partial charge in [0.1, 0.15) is 5.82 Å². The number of rotatable bonds is 7. The summed E-state index contributed by atoms with van der Waals surface area (Å²) in [6.45, 7) is 3.66. The Morgan fingerprint density at radius 1 is 1.07 bits per heavy atom. The summed E-state index contributed by atoms with van der Waals surface area (Å²) in [5.41, 5.74) is 0.314. The summed E-state index contributed by atoms with van der Waals surface area (Å²) in [6.07, 6.45) is -1.46. The molecule has 1 aromatic heterocycles. The lowest BCUT2D eigenvalue weighted by molar-refractivity contribution is -0.138. The van der Waals surface area contributed by atoms with Crippen molar-refractivity contribution in [1.29, 1.82) is 0 Å². The van der Waals surface area contributed by atoms with E-state index in [-0.39, 0.29) is 30.1 Å². The van der Waals surface area contributed by atoms with Crippen molar-refractivity contribution in [3.05, 3.63) is 83.4 Å². The van der Waals surface area contributed by atoms with Crippen LogP contribution in [0.5, 0.6) is 0 Å². The van der Waals surface area contributed by atoms with E-state index in [1.165, 1.54) is 27.2 Å². The van der Waals surface area contributed by atoms with Crippen LogP contribution in [0, 0.1) is 6.92 Å². The summed E-state index contributed by atoms with van der Waals surface area (Å²) in [6, 6.07) is 11.8. The van der Waals surface area contributed by atoms with Gasteiger partial charge in [-0.2, -0.15) is 17.5 Å². The minimum atomic E-state index is -4.47.